The predicted molar refractivity (Wildman–Crippen MR) is 127 cm³/mol. The molecule has 1 N–H and O–H groups in total. The van der Waals surface area contributed by atoms with E-state index in [0.29, 0.717) is 11.8 Å². The summed E-state index contributed by atoms with van der Waals surface area (Å²) in [5.74, 6) is 1.79. The molecule has 4 aromatic rings. The van der Waals surface area contributed by atoms with Gasteiger partial charge in [-0.2, -0.15) is 4.98 Å². The highest BCUT2D eigenvalue weighted by Gasteiger charge is 2.23. The van der Waals surface area contributed by atoms with E-state index in [-0.39, 0.29) is 0 Å². The molecule has 0 amide bonds. The van der Waals surface area contributed by atoms with Crippen LogP contribution in [0.4, 0.5) is 0 Å². The SMILES string of the molecule is Cc1cc(-c2[nH]c3ccc(C4CCN(Cc5ncon5)CC4)cc3c2C(C)C)c(C)cn1. The van der Waals surface area contributed by atoms with Gasteiger partial charge in [0.25, 0.3) is 0 Å². The van der Waals surface area contributed by atoms with E-state index in [1.54, 1.807) is 0 Å². The molecule has 1 fully saturated rings. The van der Waals surface area contributed by atoms with Gasteiger partial charge in [-0.25, -0.2) is 0 Å². The fourth-order valence-corrected chi connectivity index (χ4v) is 5.08. The van der Waals surface area contributed by atoms with Gasteiger partial charge in [-0.3, -0.25) is 9.88 Å². The number of aromatic amines is 1. The van der Waals surface area contributed by atoms with Crippen LogP contribution in [0.5, 0.6) is 0 Å². The summed E-state index contributed by atoms with van der Waals surface area (Å²) >= 11 is 0. The number of nitrogens with zero attached hydrogens (tertiary/aromatic N) is 4. The number of rotatable bonds is 5. The van der Waals surface area contributed by atoms with Gasteiger partial charge in [-0.05, 0) is 86.5 Å². The van der Waals surface area contributed by atoms with Crippen LogP contribution in [0.3, 0.4) is 0 Å². The predicted octanol–water partition coefficient (Wildman–Crippen LogP) is 5.73. The van der Waals surface area contributed by atoms with E-state index >= 15 is 0 Å². The van der Waals surface area contributed by atoms with Crippen molar-refractivity contribution in [2.45, 2.75) is 58.9 Å². The first kappa shape index (κ1) is 20.9. The summed E-state index contributed by atoms with van der Waals surface area (Å²) in [5, 5.41) is 5.31. The topological polar surface area (TPSA) is 70.8 Å². The molecule has 0 bridgehead atoms. The first-order valence-corrected chi connectivity index (χ1v) is 11.6. The third kappa shape index (κ3) is 3.95. The number of fused-ring (bicyclic) bond motifs is 1. The van der Waals surface area contributed by atoms with Crippen molar-refractivity contribution in [2.24, 2.45) is 0 Å². The Morgan fingerprint density at radius 3 is 2.66 bits per heavy atom. The van der Waals surface area contributed by atoms with Crippen molar-refractivity contribution in [1.29, 1.82) is 0 Å². The van der Waals surface area contributed by atoms with Gasteiger partial charge in [0.15, 0.2) is 5.82 Å². The number of H-pyrrole nitrogens is 1. The Balaban J connectivity index is 1.44. The normalized spacial score (nSPS) is 15.8. The Morgan fingerprint density at radius 2 is 1.94 bits per heavy atom. The minimum Gasteiger partial charge on any atom is -0.354 e. The second-order valence-electron chi connectivity index (χ2n) is 9.41. The Hall–Kier alpha value is -2.99. The maximum atomic E-state index is 4.87. The zero-order chi connectivity index (χ0) is 22.2. The standard InChI is InChI=1S/C26H31N5O/c1-16(2)25-22-12-20(19-7-9-31(10-8-19)14-24-28-15-32-30-24)5-6-23(22)29-26(25)21-11-18(4)27-13-17(21)3/h5-6,11-13,15-16,19,29H,7-10,14H2,1-4H3. The summed E-state index contributed by atoms with van der Waals surface area (Å²) in [5.41, 5.74) is 8.83. The molecule has 166 valence electrons. The number of pyridine rings is 1. The molecule has 32 heavy (non-hydrogen) atoms. The molecule has 0 radical (unpaired) electrons. The molecule has 3 aromatic heterocycles. The van der Waals surface area contributed by atoms with Crippen molar-refractivity contribution < 1.29 is 4.52 Å². The minimum atomic E-state index is 0.429. The van der Waals surface area contributed by atoms with Crippen molar-refractivity contribution in [3.05, 3.63) is 65.1 Å². The number of hydrogen-bond donors (Lipinski definition) is 1. The molecule has 5 rings (SSSR count). The fourth-order valence-electron chi connectivity index (χ4n) is 5.08. The minimum absolute atomic E-state index is 0.429. The fraction of sp³-hybridized carbons (Fsp3) is 0.423. The Bertz CT molecular complexity index is 1220. The second-order valence-corrected chi connectivity index (χ2v) is 9.41. The number of likely N-dealkylation sites (tertiary alicyclic amines) is 1. The number of aryl methyl sites for hydroxylation is 2. The maximum Gasteiger partial charge on any atom is 0.213 e. The van der Waals surface area contributed by atoms with E-state index in [1.165, 1.54) is 45.2 Å². The largest absolute Gasteiger partial charge is 0.354 e. The molecule has 0 spiro atoms. The number of hydrogen-bond acceptors (Lipinski definition) is 5. The third-order valence-corrected chi connectivity index (χ3v) is 6.78. The summed E-state index contributed by atoms with van der Waals surface area (Å²) in [6.07, 6.45) is 5.69. The van der Waals surface area contributed by atoms with Gasteiger partial charge in [0, 0.05) is 28.4 Å². The molecule has 1 aromatic carbocycles. The first-order valence-electron chi connectivity index (χ1n) is 11.6. The smallest absolute Gasteiger partial charge is 0.213 e. The second kappa shape index (κ2) is 8.51. The van der Waals surface area contributed by atoms with Crippen LogP contribution in [-0.4, -0.2) is 38.1 Å². The molecule has 1 aliphatic rings. The van der Waals surface area contributed by atoms with Crippen molar-refractivity contribution in [3.8, 4) is 11.3 Å². The quantitative estimate of drug-likeness (QED) is 0.438. The summed E-state index contributed by atoms with van der Waals surface area (Å²) < 4.78 is 4.87. The molecule has 1 saturated heterocycles. The van der Waals surface area contributed by atoms with Crippen molar-refractivity contribution in [2.75, 3.05) is 13.1 Å². The van der Waals surface area contributed by atoms with Crippen LogP contribution >= 0.6 is 0 Å². The zero-order valence-corrected chi connectivity index (χ0v) is 19.4. The first-order chi connectivity index (χ1) is 15.5. The molecule has 0 saturated carbocycles. The van der Waals surface area contributed by atoms with Gasteiger partial charge in [0.2, 0.25) is 6.39 Å². The lowest BCUT2D eigenvalue weighted by Gasteiger charge is -2.31. The molecular weight excluding hydrogens is 398 g/mol. The van der Waals surface area contributed by atoms with Gasteiger partial charge in [-0.15, -0.1) is 0 Å². The molecule has 0 atom stereocenters. The summed E-state index contributed by atoms with van der Waals surface area (Å²) in [6.45, 7) is 11.7. The van der Waals surface area contributed by atoms with Crippen LogP contribution < -0.4 is 0 Å². The van der Waals surface area contributed by atoms with Crippen molar-refractivity contribution >= 4 is 10.9 Å². The number of piperidine rings is 1. The van der Waals surface area contributed by atoms with Crippen LogP contribution in [0.2, 0.25) is 0 Å². The lowest BCUT2D eigenvalue weighted by Crippen LogP contribution is -2.32. The summed E-state index contributed by atoms with van der Waals surface area (Å²) in [4.78, 5) is 14.8. The molecule has 6 heteroatoms. The Kier molecular flexibility index (Phi) is 5.55. The van der Waals surface area contributed by atoms with E-state index in [1.807, 2.05) is 6.20 Å². The van der Waals surface area contributed by atoms with Gasteiger partial charge in [-0.1, -0.05) is 25.1 Å². The van der Waals surface area contributed by atoms with Crippen LogP contribution in [0, 0.1) is 13.8 Å². The Labute approximate surface area is 189 Å². The number of benzene rings is 1. The van der Waals surface area contributed by atoms with E-state index in [4.69, 9.17) is 4.52 Å². The van der Waals surface area contributed by atoms with Gasteiger partial charge in [0.1, 0.15) is 0 Å². The van der Waals surface area contributed by atoms with E-state index in [9.17, 15) is 0 Å². The molecule has 0 unspecified atom stereocenters. The summed E-state index contributed by atoms with van der Waals surface area (Å²) in [7, 11) is 0. The van der Waals surface area contributed by atoms with Crippen LogP contribution in [-0.2, 0) is 6.54 Å². The molecule has 1 aliphatic heterocycles. The summed E-state index contributed by atoms with van der Waals surface area (Å²) in [6, 6.07) is 9.23. The van der Waals surface area contributed by atoms with Crippen LogP contribution in [0.25, 0.3) is 22.2 Å². The van der Waals surface area contributed by atoms with E-state index in [2.05, 4.69) is 77.0 Å². The molecule has 4 heterocycles. The molecular formula is C26H31N5O. The van der Waals surface area contributed by atoms with Crippen molar-refractivity contribution in [3.63, 3.8) is 0 Å². The highest BCUT2D eigenvalue weighted by atomic mass is 16.5. The highest BCUT2D eigenvalue weighted by Crippen LogP contribution is 2.39. The van der Waals surface area contributed by atoms with Gasteiger partial charge in [0.05, 0.1) is 12.2 Å². The lowest BCUT2D eigenvalue weighted by molar-refractivity contribution is 0.198. The number of aromatic nitrogens is 4. The monoisotopic (exact) mass is 429 g/mol. The Morgan fingerprint density at radius 1 is 1.12 bits per heavy atom. The van der Waals surface area contributed by atoms with E-state index in [0.717, 1.165) is 44.0 Å². The van der Waals surface area contributed by atoms with E-state index < -0.39 is 0 Å². The zero-order valence-electron chi connectivity index (χ0n) is 19.4. The van der Waals surface area contributed by atoms with Gasteiger partial charge < -0.3 is 9.51 Å². The third-order valence-electron chi connectivity index (χ3n) is 6.78. The average Bonchev–Trinajstić information content (AvgIpc) is 3.43. The maximum absolute atomic E-state index is 4.87. The highest BCUT2D eigenvalue weighted by molar-refractivity contribution is 5.92. The average molecular weight is 430 g/mol. The number of nitrogens with one attached hydrogen (secondary N) is 1. The van der Waals surface area contributed by atoms with Crippen LogP contribution in [0.15, 0.2) is 41.4 Å². The van der Waals surface area contributed by atoms with Gasteiger partial charge >= 0.3 is 0 Å². The lowest BCUT2D eigenvalue weighted by atomic mass is 9.87. The van der Waals surface area contributed by atoms with Crippen LogP contribution in [0.1, 0.15) is 66.7 Å². The molecule has 6 nitrogen and oxygen atoms in total. The molecule has 0 aliphatic carbocycles. The van der Waals surface area contributed by atoms with Crippen molar-refractivity contribution in [1.82, 2.24) is 25.0 Å².